The molecule has 0 amide bonds. The molecule has 0 atom stereocenters. The van der Waals surface area contributed by atoms with Crippen molar-refractivity contribution in [3.05, 3.63) is 82.8 Å². The standard InChI is InChI=1S/C25H26ClN5S/c26-24-21(15-20-11-5-6-12-22(20)27-24)18-32-25-29-28-23(17-30-13-7-2-8-14-30)31(25)16-19-9-3-1-4-10-19/h1,3-6,9-12,15H,2,7-8,13-14,16-18H2. The molecular formula is C25H26ClN5S. The van der Waals surface area contributed by atoms with E-state index in [2.05, 4.69) is 67.1 Å². The predicted molar refractivity (Wildman–Crippen MR) is 131 cm³/mol. The highest BCUT2D eigenvalue weighted by Crippen LogP contribution is 2.28. The molecule has 3 heterocycles. The number of nitrogens with zero attached hydrogens (tertiary/aromatic N) is 5. The fourth-order valence-corrected chi connectivity index (χ4v) is 5.39. The van der Waals surface area contributed by atoms with Crippen molar-refractivity contribution >= 4 is 34.3 Å². The molecule has 2 aromatic carbocycles. The Morgan fingerprint density at radius 1 is 0.875 bits per heavy atom. The summed E-state index contributed by atoms with van der Waals surface area (Å²) in [6.45, 7) is 3.89. The molecule has 0 saturated carbocycles. The zero-order chi connectivity index (χ0) is 21.8. The molecule has 1 fully saturated rings. The van der Waals surface area contributed by atoms with Crippen LogP contribution >= 0.6 is 23.4 Å². The van der Waals surface area contributed by atoms with Crippen molar-refractivity contribution in [2.45, 2.75) is 43.3 Å². The molecule has 0 bridgehead atoms. The summed E-state index contributed by atoms with van der Waals surface area (Å²) in [4.78, 5) is 7.06. The van der Waals surface area contributed by atoms with Crippen LogP contribution in [0.1, 0.15) is 36.2 Å². The molecule has 4 aromatic rings. The van der Waals surface area contributed by atoms with Gasteiger partial charge in [0.25, 0.3) is 0 Å². The zero-order valence-corrected chi connectivity index (χ0v) is 19.5. The van der Waals surface area contributed by atoms with Crippen LogP contribution in [0.4, 0.5) is 0 Å². The summed E-state index contributed by atoms with van der Waals surface area (Å²) in [5, 5.41) is 11.7. The maximum atomic E-state index is 6.50. The van der Waals surface area contributed by atoms with E-state index in [0.29, 0.717) is 10.9 Å². The third-order valence-corrected chi connectivity index (χ3v) is 7.24. The summed E-state index contributed by atoms with van der Waals surface area (Å²) in [5.41, 5.74) is 3.18. The molecule has 5 nitrogen and oxygen atoms in total. The van der Waals surface area contributed by atoms with E-state index in [9.17, 15) is 0 Å². The first-order valence-corrected chi connectivity index (χ1v) is 12.5. The highest BCUT2D eigenvalue weighted by Gasteiger charge is 2.18. The van der Waals surface area contributed by atoms with Gasteiger partial charge in [0.2, 0.25) is 0 Å². The van der Waals surface area contributed by atoms with Crippen LogP contribution in [0.15, 0.2) is 65.8 Å². The van der Waals surface area contributed by atoms with Gasteiger partial charge in [0.1, 0.15) is 11.0 Å². The van der Waals surface area contributed by atoms with Crippen molar-refractivity contribution < 1.29 is 0 Å². The lowest BCUT2D eigenvalue weighted by atomic mass is 10.1. The topological polar surface area (TPSA) is 46.8 Å². The maximum Gasteiger partial charge on any atom is 0.191 e. The number of hydrogen-bond acceptors (Lipinski definition) is 5. The molecule has 0 aliphatic carbocycles. The zero-order valence-electron chi connectivity index (χ0n) is 18.0. The molecule has 0 unspecified atom stereocenters. The number of halogens is 1. The van der Waals surface area contributed by atoms with Gasteiger partial charge in [-0.2, -0.15) is 0 Å². The second-order valence-electron chi connectivity index (χ2n) is 8.23. The van der Waals surface area contributed by atoms with Crippen molar-refractivity contribution in [3.63, 3.8) is 0 Å². The Morgan fingerprint density at radius 2 is 1.66 bits per heavy atom. The summed E-state index contributed by atoms with van der Waals surface area (Å²) in [5.74, 6) is 1.73. The molecule has 5 rings (SSSR count). The van der Waals surface area contributed by atoms with Gasteiger partial charge in [0, 0.05) is 16.7 Å². The van der Waals surface area contributed by atoms with Crippen molar-refractivity contribution in [2.24, 2.45) is 0 Å². The van der Waals surface area contributed by atoms with Crippen LogP contribution in [0.3, 0.4) is 0 Å². The minimum atomic E-state index is 0.555. The van der Waals surface area contributed by atoms with Gasteiger partial charge in [0.05, 0.1) is 18.6 Å². The molecule has 0 radical (unpaired) electrons. The molecule has 0 N–H and O–H groups in total. The molecule has 32 heavy (non-hydrogen) atoms. The van der Waals surface area contributed by atoms with E-state index in [0.717, 1.165) is 53.6 Å². The molecule has 1 aliphatic rings. The monoisotopic (exact) mass is 463 g/mol. The smallest absolute Gasteiger partial charge is 0.191 e. The summed E-state index contributed by atoms with van der Waals surface area (Å²) in [6.07, 6.45) is 3.86. The number of thioether (sulfide) groups is 1. The summed E-state index contributed by atoms with van der Waals surface area (Å²) in [7, 11) is 0. The molecule has 1 aliphatic heterocycles. The Balaban J connectivity index is 1.39. The maximum absolute atomic E-state index is 6.50. The molecule has 164 valence electrons. The van der Waals surface area contributed by atoms with Gasteiger partial charge in [-0.3, -0.25) is 4.90 Å². The van der Waals surface area contributed by atoms with Crippen molar-refractivity contribution in [3.8, 4) is 0 Å². The van der Waals surface area contributed by atoms with Crippen LogP contribution in [-0.2, 0) is 18.8 Å². The second-order valence-corrected chi connectivity index (χ2v) is 9.53. The van der Waals surface area contributed by atoms with E-state index in [-0.39, 0.29) is 0 Å². The Hall–Kier alpha value is -2.41. The summed E-state index contributed by atoms with van der Waals surface area (Å²) >= 11 is 8.17. The van der Waals surface area contributed by atoms with E-state index < -0.39 is 0 Å². The van der Waals surface area contributed by atoms with Crippen molar-refractivity contribution in [1.82, 2.24) is 24.6 Å². The number of benzene rings is 2. The van der Waals surface area contributed by atoms with E-state index in [1.54, 1.807) is 11.8 Å². The van der Waals surface area contributed by atoms with Crippen LogP contribution in [0.5, 0.6) is 0 Å². The normalized spacial score (nSPS) is 14.8. The van der Waals surface area contributed by atoms with E-state index in [4.69, 9.17) is 11.6 Å². The molecule has 7 heteroatoms. The second kappa shape index (κ2) is 10.0. The number of para-hydroxylation sites is 1. The van der Waals surface area contributed by atoms with E-state index >= 15 is 0 Å². The molecule has 1 saturated heterocycles. The SMILES string of the molecule is Clc1nc2ccccc2cc1CSc1nnc(CN2CCCCC2)n1Cc1ccccc1. The van der Waals surface area contributed by atoms with Gasteiger partial charge in [0.15, 0.2) is 5.16 Å². The molecular weight excluding hydrogens is 438 g/mol. The van der Waals surface area contributed by atoms with Crippen LogP contribution < -0.4 is 0 Å². The number of rotatable bonds is 7. The van der Waals surface area contributed by atoms with Crippen LogP contribution in [0, 0.1) is 0 Å². The largest absolute Gasteiger partial charge is 0.300 e. The van der Waals surface area contributed by atoms with Crippen LogP contribution in [-0.4, -0.2) is 37.7 Å². The van der Waals surface area contributed by atoms with Crippen LogP contribution in [0.2, 0.25) is 5.15 Å². The average molecular weight is 464 g/mol. The fraction of sp³-hybridized carbons (Fsp3) is 0.320. The number of aromatic nitrogens is 4. The van der Waals surface area contributed by atoms with Gasteiger partial charge < -0.3 is 4.57 Å². The first-order valence-electron chi connectivity index (χ1n) is 11.1. The van der Waals surface area contributed by atoms with Gasteiger partial charge >= 0.3 is 0 Å². The van der Waals surface area contributed by atoms with Crippen molar-refractivity contribution in [1.29, 1.82) is 0 Å². The molecule has 0 spiro atoms. The minimum Gasteiger partial charge on any atom is -0.300 e. The number of fused-ring (bicyclic) bond motifs is 1. The van der Waals surface area contributed by atoms with Crippen LogP contribution in [0.25, 0.3) is 10.9 Å². The number of piperidine rings is 1. The lowest BCUT2D eigenvalue weighted by Crippen LogP contribution is -2.30. The Kier molecular flexibility index (Phi) is 6.72. The first-order chi connectivity index (χ1) is 15.8. The highest BCUT2D eigenvalue weighted by atomic mass is 35.5. The summed E-state index contributed by atoms with van der Waals surface area (Å²) < 4.78 is 2.26. The third-order valence-electron chi connectivity index (χ3n) is 5.90. The third kappa shape index (κ3) is 4.98. The Morgan fingerprint density at radius 3 is 2.50 bits per heavy atom. The Bertz CT molecular complexity index is 1190. The Labute approximate surface area is 197 Å². The fourth-order valence-electron chi connectivity index (χ4n) is 4.16. The minimum absolute atomic E-state index is 0.555. The van der Waals surface area contributed by atoms with Gasteiger partial charge in [-0.25, -0.2) is 4.98 Å². The first kappa shape index (κ1) is 21.4. The predicted octanol–water partition coefficient (Wildman–Crippen LogP) is 5.81. The van der Waals surface area contributed by atoms with Gasteiger partial charge in [-0.15, -0.1) is 10.2 Å². The quantitative estimate of drug-likeness (QED) is 0.256. The molecule has 2 aromatic heterocycles. The van der Waals surface area contributed by atoms with E-state index in [1.165, 1.54) is 24.8 Å². The lowest BCUT2D eigenvalue weighted by Gasteiger charge is -2.26. The average Bonchev–Trinajstić information content (AvgIpc) is 3.20. The summed E-state index contributed by atoms with van der Waals surface area (Å²) in [6, 6.07) is 20.7. The van der Waals surface area contributed by atoms with Gasteiger partial charge in [-0.1, -0.05) is 78.3 Å². The van der Waals surface area contributed by atoms with Crippen molar-refractivity contribution in [2.75, 3.05) is 13.1 Å². The number of likely N-dealkylation sites (tertiary alicyclic amines) is 1. The lowest BCUT2D eigenvalue weighted by molar-refractivity contribution is 0.213. The van der Waals surface area contributed by atoms with Gasteiger partial charge in [-0.05, 0) is 43.6 Å². The highest BCUT2D eigenvalue weighted by molar-refractivity contribution is 7.98. The number of pyridine rings is 1. The van der Waals surface area contributed by atoms with E-state index in [1.807, 2.05) is 18.2 Å². The number of hydrogen-bond donors (Lipinski definition) is 0.